The Morgan fingerprint density at radius 2 is 1.91 bits per heavy atom. The van der Waals surface area contributed by atoms with Gasteiger partial charge < -0.3 is 5.32 Å². The van der Waals surface area contributed by atoms with Crippen molar-refractivity contribution in [1.82, 2.24) is 5.32 Å². The summed E-state index contributed by atoms with van der Waals surface area (Å²) in [6, 6.07) is 14.0. The number of benzene rings is 2. The van der Waals surface area contributed by atoms with Gasteiger partial charge in [0.05, 0.1) is 6.04 Å². The first kappa shape index (κ1) is 16.6. The van der Waals surface area contributed by atoms with E-state index in [-0.39, 0.29) is 11.9 Å². The summed E-state index contributed by atoms with van der Waals surface area (Å²) in [6.07, 6.45) is 1.10. The van der Waals surface area contributed by atoms with Gasteiger partial charge in [-0.2, -0.15) is 0 Å². The molecule has 0 aromatic heterocycles. The first-order valence-electron chi connectivity index (χ1n) is 7.57. The van der Waals surface area contributed by atoms with Crippen LogP contribution in [0.3, 0.4) is 0 Å². The van der Waals surface area contributed by atoms with Gasteiger partial charge in [0.2, 0.25) is 5.91 Å². The zero-order valence-electron chi connectivity index (χ0n) is 13.3. The van der Waals surface area contributed by atoms with E-state index < -0.39 is 0 Å². The average molecular weight is 316 g/mol. The molecule has 0 heterocycles. The number of rotatable bonds is 5. The van der Waals surface area contributed by atoms with Crippen molar-refractivity contribution in [3.05, 3.63) is 69.7 Å². The minimum Gasteiger partial charge on any atom is -0.350 e. The van der Waals surface area contributed by atoms with Crippen molar-refractivity contribution in [1.29, 1.82) is 0 Å². The highest BCUT2D eigenvalue weighted by Crippen LogP contribution is 2.20. The fourth-order valence-corrected chi connectivity index (χ4v) is 2.88. The average Bonchev–Trinajstić information content (AvgIpc) is 2.46. The van der Waals surface area contributed by atoms with Gasteiger partial charge in [0.15, 0.2) is 0 Å². The molecule has 0 unspecified atom stereocenters. The molecule has 1 N–H and O–H groups in total. The normalized spacial score (nSPS) is 12.0. The van der Waals surface area contributed by atoms with Crippen molar-refractivity contribution in [2.75, 3.05) is 0 Å². The summed E-state index contributed by atoms with van der Waals surface area (Å²) in [4.78, 5) is 12.1. The minimum absolute atomic E-state index is 0.0133. The van der Waals surface area contributed by atoms with Gasteiger partial charge in [0.1, 0.15) is 0 Å². The largest absolute Gasteiger partial charge is 0.350 e. The fourth-order valence-electron chi connectivity index (χ4n) is 2.65. The third-order valence-electron chi connectivity index (χ3n) is 3.85. The van der Waals surface area contributed by atoms with Crippen LogP contribution in [-0.4, -0.2) is 5.91 Å². The van der Waals surface area contributed by atoms with E-state index in [0.29, 0.717) is 12.8 Å². The van der Waals surface area contributed by atoms with Crippen LogP contribution < -0.4 is 5.32 Å². The monoisotopic (exact) mass is 315 g/mol. The first-order valence-corrected chi connectivity index (χ1v) is 7.95. The number of hydrogen-bond donors (Lipinski definition) is 1. The fraction of sp³-hybridized carbons (Fsp3) is 0.316. The SMILES string of the molecule is Cc1ccc([C@H](C)NC(=O)CCc2ccccc2Cl)c(C)c1. The quantitative estimate of drug-likeness (QED) is 0.846. The van der Waals surface area contributed by atoms with Gasteiger partial charge in [-0.15, -0.1) is 0 Å². The maximum absolute atomic E-state index is 12.1. The highest BCUT2D eigenvalue weighted by Gasteiger charge is 2.12. The lowest BCUT2D eigenvalue weighted by Gasteiger charge is -2.17. The molecule has 116 valence electrons. The van der Waals surface area contributed by atoms with Gasteiger partial charge in [-0.25, -0.2) is 0 Å². The van der Waals surface area contributed by atoms with E-state index in [9.17, 15) is 4.79 Å². The summed E-state index contributed by atoms with van der Waals surface area (Å²) in [5.41, 5.74) is 4.62. The molecule has 0 bridgehead atoms. The maximum atomic E-state index is 12.1. The van der Waals surface area contributed by atoms with Crippen LogP contribution in [0.1, 0.15) is 41.6 Å². The Balaban J connectivity index is 1.93. The minimum atomic E-state index is 0.0133. The molecule has 2 aromatic carbocycles. The molecule has 2 rings (SSSR count). The second kappa shape index (κ2) is 7.46. The molecule has 1 atom stereocenters. The van der Waals surface area contributed by atoms with Gasteiger partial charge in [-0.1, -0.05) is 53.6 Å². The number of hydrogen-bond acceptors (Lipinski definition) is 1. The van der Waals surface area contributed by atoms with E-state index in [1.807, 2.05) is 31.2 Å². The van der Waals surface area contributed by atoms with Crippen LogP contribution >= 0.6 is 11.6 Å². The van der Waals surface area contributed by atoms with Crippen molar-refractivity contribution < 1.29 is 4.79 Å². The predicted octanol–water partition coefficient (Wildman–Crippen LogP) is 4.77. The Morgan fingerprint density at radius 3 is 2.59 bits per heavy atom. The molecule has 2 aromatic rings. The molecule has 0 saturated heterocycles. The number of nitrogens with one attached hydrogen (secondary N) is 1. The van der Waals surface area contributed by atoms with Crippen molar-refractivity contribution >= 4 is 17.5 Å². The molecule has 3 heteroatoms. The van der Waals surface area contributed by atoms with E-state index in [1.54, 1.807) is 0 Å². The Hall–Kier alpha value is -1.80. The van der Waals surface area contributed by atoms with E-state index in [0.717, 1.165) is 16.1 Å². The van der Waals surface area contributed by atoms with Crippen LogP contribution in [-0.2, 0) is 11.2 Å². The molecule has 2 nitrogen and oxygen atoms in total. The predicted molar refractivity (Wildman–Crippen MR) is 92.2 cm³/mol. The van der Waals surface area contributed by atoms with E-state index in [4.69, 9.17) is 11.6 Å². The van der Waals surface area contributed by atoms with Gasteiger partial charge in [-0.3, -0.25) is 4.79 Å². The molecule has 0 aliphatic heterocycles. The third kappa shape index (κ3) is 4.35. The number of aryl methyl sites for hydroxylation is 3. The van der Waals surface area contributed by atoms with E-state index in [1.165, 1.54) is 11.1 Å². The Morgan fingerprint density at radius 1 is 1.18 bits per heavy atom. The molecule has 0 aliphatic carbocycles. The summed E-state index contributed by atoms with van der Waals surface area (Å²) < 4.78 is 0. The smallest absolute Gasteiger partial charge is 0.220 e. The molecule has 0 aliphatic rings. The summed E-state index contributed by atoms with van der Waals surface area (Å²) >= 11 is 6.11. The molecule has 0 radical (unpaired) electrons. The number of amides is 1. The summed E-state index contributed by atoms with van der Waals surface area (Å²) in [6.45, 7) is 6.17. The molecule has 22 heavy (non-hydrogen) atoms. The summed E-state index contributed by atoms with van der Waals surface area (Å²) in [5, 5.41) is 3.78. The zero-order valence-corrected chi connectivity index (χ0v) is 14.1. The third-order valence-corrected chi connectivity index (χ3v) is 4.22. The van der Waals surface area contributed by atoms with E-state index >= 15 is 0 Å². The second-order valence-electron chi connectivity index (χ2n) is 5.74. The maximum Gasteiger partial charge on any atom is 0.220 e. The Labute approximate surface area is 137 Å². The van der Waals surface area contributed by atoms with Crippen LogP contribution in [0.4, 0.5) is 0 Å². The zero-order chi connectivity index (χ0) is 16.1. The lowest BCUT2D eigenvalue weighted by molar-refractivity contribution is -0.121. The molecule has 0 saturated carbocycles. The number of halogens is 1. The molecule has 0 spiro atoms. The molecular weight excluding hydrogens is 294 g/mol. The highest BCUT2D eigenvalue weighted by molar-refractivity contribution is 6.31. The van der Waals surface area contributed by atoms with Crippen LogP contribution in [0.2, 0.25) is 5.02 Å². The van der Waals surface area contributed by atoms with E-state index in [2.05, 4.69) is 37.4 Å². The van der Waals surface area contributed by atoms with Crippen LogP contribution in [0.5, 0.6) is 0 Å². The van der Waals surface area contributed by atoms with Gasteiger partial charge >= 0.3 is 0 Å². The standard InChI is InChI=1S/C19H22ClNO/c1-13-8-10-17(14(2)12-13)15(3)21-19(22)11-9-16-6-4-5-7-18(16)20/h4-8,10,12,15H,9,11H2,1-3H3,(H,21,22)/t15-/m0/s1. The van der Waals surface area contributed by atoms with Crippen LogP contribution in [0.25, 0.3) is 0 Å². The Kier molecular flexibility index (Phi) is 5.62. The molecule has 1 amide bonds. The van der Waals surface area contributed by atoms with Crippen molar-refractivity contribution in [2.24, 2.45) is 0 Å². The van der Waals surface area contributed by atoms with Crippen LogP contribution in [0.15, 0.2) is 42.5 Å². The summed E-state index contributed by atoms with van der Waals surface area (Å²) in [7, 11) is 0. The Bertz CT molecular complexity index is 666. The van der Waals surface area contributed by atoms with Gasteiger partial charge in [-0.05, 0) is 49.9 Å². The molecular formula is C19H22ClNO. The number of carbonyl (C=O) groups excluding carboxylic acids is 1. The molecule has 0 fully saturated rings. The highest BCUT2D eigenvalue weighted by atomic mass is 35.5. The van der Waals surface area contributed by atoms with Gasteiger partial charge in [0, 0.05) is 11.4 Å². The van der Waals surface area contributed by atoms with Crippen molar-refractivity contribution in [3.63, 3.8) is 0 Å². The lowest BCUT2D eigenvalue weighted by atomic mass is 10.00. The van der Waals surface area contributed by atoms with Crippen molar-refractivity contribution in [2.45, 2.75) is 39.7 Å². The van der Waals surface area contributed by atoms with Gasteiger partial charge in [0.25, 0.3) is 0 Å². The topological polar surface area (TPSA) is 29.1 Å². The first-order chi connectivity index (χ1) is 10.5. The lowest BCUT2D eigenvalue weighted by Crippen LogP contribution is -2.27. The van der Waals surface area contributed by atoms with Crippen LogP contribution in [0, 0.1) is 13.8 Å². The number of carbonyl (C=O) groups is 1. The second-order valence-corrected chi connectivity index (χ2v) is 6.15. The summed E-state index contributed by atoms with van der Waals surface area (Å²) in [5.74, 6) is 0.0485. The van der Waals surface area contributed by atoms with Crippen molar-refractivity contribution in [3.8, 4) is 0 Å².